The van der Waals surface area contributed by atoms with Crippen LogP contribution in [0.2, 0.25) is 0 Å². The maximum Gasteiger partial charge on any atom is 0.267 e. The molecule has 0 radical (unpaired) electrons. The molecule has 0 bridgehead atoms. The summed E-state index contributed by atoms with van der Waals surface area (Å²) in [4.78, 5) is 18.1. The lowest BCUT2D eigenvalue weighted by Crippen LogP contribution is -2.17. The zero-order chi connectivity index (χ0) is 16.4. The van der Waals surface area contributed by atoms with Crippen LogP contribution in [0.15, 0.2) is 48.5 Å². The van der Waals surface area contributed by atoms with Gasteiger partial charge in [0.05, 0.1) is 24.6 Å². The van der Waals surface area contributed by atoms with Crippen LogP contribution in [0.1, 0.15) is 30.8 Å². The lowest BCUT2D eigenvalue weighted by Gasteiger charge is -1.93. The number of allylic oxidation sites excluding steroid dienone is 4. The molecular formula is C17H23N3O2. The molecule has 5 nitrogen and oxygen atoms in total. The Morgan fingerprint density at radius 1 is 1.50 bits per heavy atom. The standard InChI is InChI=1S/C9H9N3O.C8H14O/c1-10-9(13)7-4-6-2-3-11-5-8(6)12-7;1-4-5-6-7-8(2)9-3/h2-5,12H,1H3,(H,10,13);5-7H,4H2,1-3H3/b;6-5-,8-7+. The number of methoxy groups -OCH3 is 1. The Kier molecular flexibility index (Phi) is 7.47. The molecule has 0 unspecified atom stereocenters. The molecule has 0 fully saturated rings. The monoisotopic (exact) mass is 301 g/mol. The highest BCUT2D eigenvalue weighted by Gasteiger charge is 2.06. The van der Waals surface area contributed by atoms with E-state index in [-0.39, 0.29) is 5.91 Å². The zero-order valence-corrected chi connectivity index (χ0v) is 13.5. The molecular weight excluding hydrogens is 278 g/mol. The van der Waals surface area contributed by atoms with E-state index in [0.29, 0.717) is 5.69 Å². The van der Waals surface area contributed by atoms with Crippen LogP contribution in [0.5, 0.6) is 0 Å². The lowest BCUT2D eigenvalue weighted by atomic mass is 10.3. The molecule has 2 heterocycles. The fraction of sp³-hybridized carbons (Fsp3) is 0.294. The second-order valence-electron chi connectivity index (χ2n) is 4.54. The molecule has 0 spiro atoms. The topological polar surface area (TPSA) is 67.0 Å². The van der Waals surface area contributed by atoms with Gasteiger partial charge in [-0.1, -0.05) is 19.1 Å². The Hall–Kier alpha value is -2.56. The molecule has 1 amide bonds. The normalized spacial score (nSPS) is 11.2. The van der Waals surface area contributed by atoms with Gasteiger partial charge < -0.3 is 15.0 Å². The molecule has 118 valence electrons. The van der Waals surface area contributed by atoms with Crippen LogP contribution >= 0.6 is 0 Å². The number of rotatable bonds is 4. The van der Waals surface area contributed by atoms with Gasteiger partial charge in [-0.2, -0.15) is 0 Å². The van der Waals surface area contributed by atoms with E-state index in [1.54, 1.807) is 32.6 Å². The van der Waals surface area contributed by atoms with Crippen LogP contribution in [0.3, 0.4) is 0 Å². The van der Waals surface area contributed by atoms with Crippen molar-refractivity contribution in [2.45, 2.75) is 20.3 Å². The summed E-state index contributed by atoms with van der Waals surface area (Å²) in [6, 6.07) is 3.66. The van der Waals surface area contributed by atoms with Gasteiger partial charge in [-0.05, 0) is 31.6 Å². The van der Waals surface area contributed by atoms with Crippen molar-refractivity contribution in [1.82, 2.24) is 15.3 Å². The Bertz CT molecular complexity index is 624. The summed E-state index contributed by atoms with van der Waals surface area (Å²) in [5.41, 5.74) is 1.44. The highest BCUT2D eigenvalue weighted by molar-refractivity contribution is 5.97. The Morgan fingerprint density at radius 2 is 2.27 bits per heavy atom. The number of nitrogens with zero attached hydrogens (tertiary/aromatic N) is 1. The number of aromatic amines is 1. The largest absolute Gasteiger partial charge is 0.501 e. The number of carbonyl (C=O) groups is 1. The Labute approximate surface area is 131 Å². The maximum absolute atomic E-state index is 11.2. The molecule has 2 N–H and O–H groups in total. The maximum atomic E-state index is 11.2. The molecule has 0 atom stereocenters. The summed E-state index contributed by atoms with van der Waals surface area (Å²) in [6.07, 6.45) is 10.5. The molecule has 2 aromatic rings. The third-order valence-electron chi connectivity index (χ3n) is 2.92. The molecule has 0 aliphatic carbocycles. The molecule has 0 aromatic carbocycles. The van der Waals surface area contributed by atoms with Gasteiger partial charge in [0.1, 0.15) is 5.69 Å². The van der Waals surface area contributed by atoms with Crippen molar-refractivity contribution in [3.63, 3.8) is 0 Å². The van der Waals surface area contributed by atoms with Gasteiger partial charge in [0.25, 0.3) is 5.91 Å². The number of fused-ring (bicyclic) bond motifs is 1. The summed E-state index contributed by atoms with van der Waals surface area (Å²) < 4.78 is 4.91. The average molecular weight is 301 g/mol. The first-order valence-electron chi connectivity index (χ1n) is 7.14. The number of H-pyrrole nitrogens is 1. The molecule has 0 saturated carbocycles. The summed E-state index contributed by atoms with van der Waals surface area (Å²) in [7, 11) is 3.28. The summed E-state index contributed by atoms with van der Waals surface area (Å²) in [6.45, 7) is 4.03. The second kappa shape index (κ2) is 9.39. The van der Waals surface area contributed by atoms with E-state index in [0.717, 1.165) is 23.1 Å². The highest BCUT2D eigenvalue weighted by atomic mass is 16.5. The minimum Gasteiger partial charge on any atom is -0.501 e. The molecule has 0 aliphatic rings. The van der Waals surface area contributed by atoms with Crippen LogP contribution in [0, 0.1) is 0 Å². The van der Waals surface area contributed by atoms with Gasteiger partial charge in [0.15, 0.2) is 0 Å². The van der Waals surface area contributed by atoms with Gasteiger partial charge >= 0.3 is 0 Å². The first-order valence-corrected chi connectivity index (χ1v) is 7.14. The SMILES string of the molecule is CC/C=C\C=C(/C)OC.CNC(=O)c1cc2ccncc2[nH]1. The molecule has 0 aliphatic heterocycles. The smallest absolute Gasteiger partial charge is 0.267 e. The van der Waals surface area contributed by atoms with Crippen LogP contribution in [0.25, 0.3) is 10.9 Å². The number of ether oxygens (including phenoxy) is 1. The van der Waals surface area contributed by atoms with Gasteiger partial charge in [-0.25, -0.2) is 0 Å². The van der Waals surface area contributed by atoms with E-state index in [1.165, 1.54) is 0 Å². The number of hydrogen-bond donors (Lipinski definition) is 2. The summed E-state index contributed by atoms with van der Waals surface area (Å²) in [5.74, 6) is 0.830. The van der Waals surface area contributed by atoms with Gasteiger partial charge in [-0.3, -0.25) is 9.78 Å². The van der Waals surface area contributed by atoms with E-state index in [2.05, 4.69) is 28.3 Å². The van der Waals surface area contributed by atoms with Crippen molar-refractivity contribution in [2.75, 3.05) is 14.2 Å². The molecule has 2 rings (SSSR count). The van der Waals surface area contributed by atoms with Crippen LogP contribution < -0.4 is 5.32 Å². The van der Waals surface area contributed by atoms with Crippen molar-refractivity contribution < 1.29 is 9.53 Å². The first kappa shape index (κ1) is 17.5. The number of pyridine rings is 1. The number of nitrogens with one attached hydrogen (secondary N) is 2. The zero-order valence-electron chi connectivity index (χ0n) is 13.5. The number of carbonyl (C=O) groups excluding carboxylic acids is 1. The number of amides is 1. The molecule has 2 aromatic heterocycles. The van der Waals surface area contributed by atoms with Crippen molar-refractivity contribution >= 4 is 16.8 Å². The molecule has 5 heteroatoms. The Balaban J connectivity index is 0.000000239. The van der Waals surface area contributed by atoms with Gasteiger partial charge in [0.2, 0.25) is 0 Å². The predicted octanol–water partition coefficient (Wildman–Crippen LogP) is 3.43. The van der Waals surface area contributed by atoms with Crippen LogP contribution in [-0.2, 0) is 4.74 Å². The van der Waals surface area contributed by atoms with E-state index in [1.807, 2.05) is 25.1 Å². The third kappa shape index (κ3) is 5.44. The second-order valence-corrected chi connectivity index (χ2v) is 4.54. The third-order valence-corrected chi connectivity index (χ3v) is 2.92. The molecule has 22 heavy (non-hydrogen) atoms. The number of aromatic nitrogens is 2. The average Bonchev–Trinajstić information content (AvgIpc) is 2.98. The van der Waals surface area contributed by atoms with E-state index in [4.69, 9.17) is 4.74 Å². The summed E-state index contributed by atoms with van der Waals surface area (Å²) in [5, 5.41) is 3.55. The lowest BCUT2D eigenvalue weighted by molar-refractivity contribution is 0.0959. The van der Waals surface area contributed by atoms with Crippen molar-refractivity contribution in [2.24, 2.45) is 0 Å². The van der Waals surface area contributed by atoms with Crippen molar-refractivity contribution in [1.29, 1.82) is 0 Å². The first-order chi connectivity index (χ1) is 10.6. The van der Waals surface area contributed by atoms with E-state index < -0.39 is 0 Å². The van der Waals surface area contributed by atoms with Crippen molar-refractivity contribution in [3.8, 4) is 0 Å². The molecule has 0 saturated heterocycles. The van der Waals surface area contributed by atoms with Gasteiger partial charge in [0, 0.05) is 18.6 Å². The predicted molar refractivity (Wildman–Crippen MR) is 89.7 cm³/mol. The van der Waals surface area contributed by atoms with E-state index >= 15 is 0 Å². The Morgan fingerprint density at radius 3 is 2.86 bits per heavy atom. The van der Waals surface area contributed by atoms with Gasteiger partial charge in [-0.15, -0.1) is 0 Å². The summed E-state index contributed by atoms with van der Waals surface area (Å²) >= 11 is 0. The van der Waals surface area contributed by atoms with Crippen molar-refractivity contribution in [3.05, 3.63) is 54.2 Å². The number of hydrogen-bond acceptors (Lipinski definition) is 3. The van der Waals surface area contributed by atoms with Crippen LogP contribution in [0.4, 0.5) is 0 Å². The highest BCUT2D eigenvalue weighted by Crippen LogP contribution is 2.12. The fourth-order valence-electron chi connectivity index (χ4n) is 1.64. The minimum atomic E-state index is -0.115. The van der Waals surface area contributed by atoms with E-state index in [9.17, 15) is 4.79 Å². The fourth-order valence-corrected chi connectivity index (χ4v) is 1.64. The van der Waals surface area contributed by atoms with Crippen LogP contribution in [-0.4, -0.2) is 30.0 Å². The quantitative estimate of drug-likeness (QED) is 0.671. The minimum absolute atomic E-state index is 0.115.